The van der Waals surface area contributed by atoms with Crippen LogP contribution in [0.15, 0.2) is 18.2 Å². The highest BCUT2D eigenvalue weighted by Gasteiger charge is 2.21. The van der Waals surface area contributed by atoms with Crippen molar-refractivity contribution in [2.75, 3.05) is 13.2 Å². The Bertz CT molecular complexity index is 362. The summed E-state index contributed by atoms with van der Waals surface area (Å²) in [6.45, 7) is 2.21. The Labute approximate surface area is 95.0 Å². The number of nitrogens with one attached hydrogen (secondary N) is 1. The molecule has 86 valence electrons. The van der Waals surface area contributed by atoms with Crippen molar-refractivity contribution in [3.63, 3.8) is 0 Å². The van der Waals surface area contributed by atoms with Gasteiger partial charge in [-0.05, 0) is 18.9 Å². The fourth-order valence-electron chi connectivity index (χ4n) is 1.61. The van der Waals surface area contributed by atoms with Crippen molar-refractivity contribution < 1.29 is 9.47 Å². The fourth-order valence-corrected chi connectivity index (χ4v) is 1.61. The number of pyridine rings is 1. The molecule has 1 N–H and O–H groups in total. The molecule has 0 bridgehead atoms. The van der Waals surface area contributed by atoms with Crippen LogP contribution in [-0.2, 0) is 11.3 Å². The Morgan fingerprint density at radius 3 is 2.94 bits per heavy atom. The fraction of sp³-hybridized carbons (Fsp3) is 0.583. The van der Waals surface area contributed by atoms with Crippen molar-refractivity contribution in [3.05, 3.63) is 23.9 Å². The summed E-state index contributed by atoms with van der Waals surface area (Å²) in [5, 5.41) is 3.44. The van der Waals surface area contributed by atoms with Gasteiger partial charge in [-0.15, -0.1) is 0 Å². The lowest BCUT2D eigenvalue weighted by molar-refractivity contribution is -0.0813. The SMILES string of the molecule is c1cc(CNC2CC2)nc(OC2COC2)c1. The molecule has 0 spiro atoms. The van der Waals surface area contributed by atoms with E-state index in [4.69, 9.17) is 9.47 Å². The van der Waals surface area contributed by atoms with Crippen molar-refractivity contribution in [2.45, 2.75) is 31.5 Å². The van der Waals surface area contributed by atoms with E-state index in [0.29, 0.717) is 25.1 Å². The lowest BCUT2D eigenvalue weighted by Gasteiger charge is -2.26. The molecule has 1 aliphatic carbocycles. The first-order valence-corrected chi connectivity index (χ1v) is 5.84. The van der Waals surface area contributed by atoms with Gasteiger partial charge in [-0.3, -0.25) is 0 Å². The zero-order chi connectivity index (χ0) is 10.8. The van der Waals surface area contributed by atoms with Gasteiger partial charge in [0.15, 0.2) is 0 Å². The topological polar surface area (TPSA) is 43.4 Å². The van der Waals surface area contributed by atoms with Gasteiger partial charge in [0.25, 0.3) is 0 Å². The molecule has 0 radical (unpaired) electrons. The minimum absolute atomic E-state index is 0.194. The van der Waals surface area contributed by atoms with E-state index in [2.05, 4.69) is 10.3 Å². The molecule has 0 atom stereocenters. The normalized spacial score (nSPS) is 20.5. The first kappa shape index (κ1) is 10.1. The standard InChI is InChI=1S/C12H16N2O2/c1-2-10(6-13-9-4-5-9)14-12(3-1)16-11-7-15-8-11/h1-3,9,11,13H,4-8H2. The van der Waals surface area contributed by atoms with Crippen molar-refractivity contribution in [2.24, 2.45) is 0 Å². The molecule has 1 aliphatic heterocycles. The zero-order valence-electron chi connectivity index (χ0n) is 9.19. The zero-order valence-corrected chi connectivity index (χ0v) is 9.19. The Kier molecular flexibility index (Phi) is 2.76. The van der Waals surface area contributed by atoms with Gasteiger partial charge in [0.05, 0.1) is 18.9 Å². The number of hydrogen-bond acceptors (Lipinski definition) is 4. The largest absolute Gasteiger partial charge is 0.469 e. The van der Waals surface area contributed by atoms with Gasteiger partial charge in [-0.25, -0.2) is 4.98 Å². The van der Waals surface area contributed by atoms with Crippen LogP contribution in [0.5, 0.6) is 5.88 Å². The highest BCUT2D eigenvalue weighted by molar-refractivity contribution is 5.16. The van der Waals surface area contributed by atoms with E-state index >= 15 is 0 Å². The van der Waals surface area contributed by atoms with Crippen LogP contribution in [0.2, 0.25) is 0 Å². The Morgan fingerprint density at radius 2 is 2.25 bits per heavy atom. The number of hydrogen-bond donors (Lipinski definition) is 1. The molecule has 1 saturated heterocycles. The van der Waals surface area contributed by atoms with Gasteiger partial charge in [-0.2, -0.15) is 0 Å². The maximum Gasteiger partial charge on any atom is 0.213 e. The summed E-state index contributed by atoms with van der Waals surface area (Å²) >= 11 is 0. The summed E-state index contributed by atoms with van der Waals surface area (Å²) in [5.74, 6) is 0.711. The molecule has 2 heterocycles. The van der Waals surface area contributed by atoms with Crippen LogP contribution in [0.25, 0.3) is 0 Å². The minimum atomic E-state index is 0.194. The molecule has 16 heavy (non-hydrogen) atoms. The monoisotopic (exact) mass is 220 g/mol. The smallest absolute Gasteiger partial charge is 0.213 e. The van der Waals surface area contributed by atoms with Gasteiger partial charge in [0.1, 0.15) is 6.10 Å². The molecule has 0 unspecified atom stereocenters. The van der Waals surface area contributed by atoms with E-state index in [1.54, 1.807) is 0 Å². The summed E-state index contributed by atoms with van der Waals surface area (Å²) in [7, 11) is 0. The molecule has 2 aliphatic rings. The minimum Gasteiger partial charge on any atom is -0.469 e. The molecule has 2 fully saturated rings. The molecular weight excluding hydrogens is 204 g/mol. The van der Waals surface area contributed by atoms with Gasteiger partial charge in [0.2, 0.25) is 5.88 Å². The number of rotatable bonds is 5. The van der Waals surface area contributed by atoms with Crippen LogP contribution in [0, 0.1) is 0 Å². The van der Waals surface area contributed by atoms with E-state index in [-0.39, 0.29) is 6.10 Å². The van der Waals surface area contributed by atoms with Crippen molar-refractivity contribution in [3.8, 4) is 5.88 Å². The van der Waals surface area contributed by atoms with E-state index in [1.165, 1.54) is 12.8 Å². The van der Waals surface area contributed by atoms with E-state index in [0.717, 1.165) is 12.2 Å². The van der Waals surface area contributed by atoms with Crippen LogP contribution >= 0.6 is 0 Å². The molecule has 0 amide bonds. The third kappa shape index (κ3) is 2.51. The van der Waals surface area contributed by atoms with Gasteiger partial charge >= 0.3 is 0 Å². The van der Waals surface area contributed by atoms with Gasteiger partial charge in [0, 0.05) is 18.7 Å². The quantitative estimate of drug-likeness (QED) is 0.807. The maximum absolute atomic E-state index is 5.65. The summed E-state index contributed by atoms with van der Waals surface area (Å²) in [5.41, 5.74) is 1.05. The Balaban J connectivity index is 1.57. The second-order valence-electron chi connectivity index (χ2n) is 4.40. The highest BCUT2D eigenvalue weighted by atomic mass is 16.6. The van der Waals surface area contributed by atoms with Crippen molar-refractivity contribution in [1.29, 1.82) is 0 Å². The first-order chi connectivity index (χ1) is 7.90. The van der Waals surface area contributed by atoms with Crippen LogP contribution in [0.4, 0.5) is 0 Å². The van der Waals surface area contributed by atoms with Crippen molar-refractivity contribution >= 4 is 0 Å². The predicted octanol–water partition coefficient (Wildman–Crippen LogP) is 1.11. The molecule has 1 saturated carbocycles. The van der Waals surface area contributed by atoms with E-state index in [9.17, 15) is 0 Å². The summed E-state index contributed by atoms with van der Waals surface area (Å²) < 4.78 is 10.7. The lowest BCUT2D eigenvalue weighted by atomic mass is 10.3. The van der Waals surface area contributed by atoms with Gasteiger partial charge < -0.3 is 14.8 Å². The van der Waals surface area contributed by atoms with Crippen molar-refractivity contribution in [1.82, 2.24) is 10.3 Å². The highest BCUT2D eigenvalue weighted by Crippen LogP contribution is 2.19. The number of aromatic nitrogens is 1. The van der Waals surface area contributed by atoms with Crippen LogP contribution in [-0.4, -0.2) is 30.3 Å². The van der Waals surface area contributed by atoms with E-state index < -0.39 is 0 Å². The molecular formula is C12H16N2O2. The number of nitrogens with zero attached hydrogens (tertiary/aromatic N) is 1. The molecule has 0 aromatic carbocycles. The van der Waals surface area contributed by atoms with Crippen LogP contribution in [0.3, 0.4) is 0 Å². The third-order valence-electron chi connectivity index (χ3n) is 2.83. The summed E-state index contributed by atoms with van der Waals surface area (Å²) in [4.78, 5) is 4.45. The summed E-state index contributed by atoms with van der Waals surface area (Å²) in [6.07, 6.45) is 2.80. The lowest BCUT2D eigenvalue weighted by Crippen LogP contribution is -2.38. The van der Waals surface area contributed by atoms with Crippen LogP contribution < -0.4 is 10.1 Å². The second-order valence-corrected chi connectivity index (χ2v) is 4.40. The van der Waals surface area contributed by atoms with E-state index in [1.807, 2.05) is 18.2 Å². The van der Waals surface area contributed by atoms with Crippen LogP contribution in [0.1, 0.15) is 18.5 Å². The molecule has 1 aromatic heterocycles. The second kappa shape index (κ2) is 4.39. The van der Waals surface area contributed by atoms with Gasteiger partial charge in [-0.1, -0.05) is 6.07 Å². The number of ether oxygens (including phenoxy) is 2. The maximum atomic E-state index is 5.65. The average molecular weight is 220 g/mol. The predicted molar refractivity (Wildman–Crippen MR) is 59.3 cm³/mol. The Hall–Kier alpha value is -1.13. The molecule has 1 aromatic rings. The first-order valence-electron chi connectivity index (χ1n) is 5.84. The molecule has 4 nitrogen and oxygen atoms in total. The molecule has 3 rings (SSSR count). The average Bonchev–Trinajstić information content (AvgIpc) is 3.05. The molecule has 4 heteroatoms. The third-order valence-corrected chi connectivity index (χ3v) is 2.83. The summed E-state index contributed by atoms with van der Waals surface area (Å²) in [6, 6.07) is 6.64. The Morgan fingerprint density at radius 1 is 1.38 bits per heavy atom.